The van der Waals surface area contributed by atoms with Crippen LogP contribution in [-0.2, 0) is 17.3 Å². The summed E-state index contributed by atoms with van der Waals surface area (Å²) < 4.78 is 11.9. The third-order valence-corrected chi connectivity index (χ3v) is 5.44. The van der Waals surface area contributed by atoms with Gasteiger partial charge in [-0.2, -0.15) is 0 Å². The number of nitrogens with one attached hydrogen (secondary N) is 1. The first-order chi connectivity index (χ1) is 10.3. The number of hydrogen-bond donors (Lipinski definition) is 1. The van der Waals surface area contributed by atoms with Crippen LogP contribution in [0.2, 0.25) is 0 Å². The van der Waals surface area contributed by atoms with Crippen molar-refractivity contribution in [1.29, 1.82) is 0 Å². The average molecular weight is 324 g/mol. The number of aryl methyl sites for hydroxylation is 1. The van der Waals surface area contributed by atoms with Crippen molar-refractivity contribution in [2.75, 3.05) is 26.4 Å². The first kappa shape index (κ1) is 18.7. The fourth-order valence-corrected chi connectivity index (χ4v) is 2.96. The van der Waals surface area contributed by atoms with Gasteiger partial charge < -0.3 is 10.2 Å². The molecule has 1 unspecified atom stereocenters. The van der Waals surface area contributed by atoms with Gasteiger partial charge >= 0.3 is 0 Å². The van der Waals surface area contributed by atoms with Gasteiger partial charge in [0.05, 0.1) is 0 Å². The number of guanidine groups is 1. The maximum atomic E-state index is 12.1. The van der Waals surface area contributed by atoms with Gasteiger partial charge in [0.15, 0.2) is 5.96 Å². The Kier molecular flexibility index (Phi) is 7.07. The average Bonchev–Trinajstić information content (AvgIpc) is 2.44. The van der Waals surface area contributed by atoms with Crippen molar-refractivity contribution in [2.24, 2.45) is 4.99 Å². The van der Waals surface area contributed by atoms with Crippen molar-refractivity contribution >= 4 is 16.8 Å². The predicted octanol–water partition coefficient (Wildman–Crippen LogP) is 2.55. The van der Waals surface area contributed by atoms with Crippen molar-refractivity contribution < 1.29 is 4.21 Å². The number of rotatable bonds is 5. The van der Waals surface area contributed by atoms with Crippen molar-refractivity contribution in [3.05, 3.63) is 35.4 Å². The molecule has 22 heavy (non-hydrogen) atoms. The van der Waals surface area contributed by atoms with Gasteiger partial charge in [-0.25, -0.2) is 0 Å². The highest BCUT2D eigenvalue weighted by Gasteiger charge is 2.19. The summed E-state index contributed by atoms with van der Waals surface area (Å²) in [4.78, 5) is 6.39. The van der Waals surface area contributed by atoms with Crippen LogP contribution < -0.4 is 5.32 Å². The molecule has 0 saturated carbocycles. The van der Waals surface area contributed by atoms with Gasteiger partial charge in [-0.15, -0.1) is 0 Å². The molecule has 0 bridgehead atoms. The van der Waals surface area contributed by atoms with Gasteiger partial charge in [0, 0.05) is 48.5 Å². The van der Waals surface area contributed by atoms with Crippen molar-refractivity contribution in [3.8, 4) is 0 Å². The van der Waals surface area contributed by atoms with Crippen molar-refractivity contribution in [2.45, 2.75) is 39.0 Å². The van der Waals surface area contributed by atoms with Gasteiger partial charge in [0.1, 0.15) is 0 Å². The molecule has 5 heteroatoms. The highest BCUT2D eigenvalue weighted by Crippen LogP contribution is 2.11. The van der Waals surface area contributed by atoms with Crippen LogP contribution in [0.15, 0.2) is 29.3 Å². The monoisotopic (exact) mass is 323 g/mol. The quantitative estimate of drug-likeness (QED) is 0.669. The zero-order valence-corrected chi connectivity index (χ0v) is 15.5. The number of benzene rings is 1. The molecule has 0 aliphatic rings. The number of nitrogens with zero attached hydrogens (tertiary/aromatic N) is 2. The molecule has 124 valence electrons. The van der Waals surface area contributed by atoms with Crippen LogP contribution in [0.1, 0.15) is 31.9 Å². The van der Waals surface area contributed by atoms with E-state index < -0.39 is 10.8 Å². The number of hydrogen-bond acceptors (Lipinski definition) is 2. The van der Waals surface area contributed by atoms with Crippen molar-refractivity contribution in [3.63, 3.8) is 0 Å². The molecule has 0 aliphatic heterocycles. The minimum Gasteiger partial charge on any atom is -0.355 e. The maximum absolute atomic E-state index is 12.1. The first-order valence-corrected chi connectivity index (χ1v) is 8.92. The van der Waals surface area contributed by atoms with E-state index in [2.05, 4.69) is 40.3 Å². The third-order valence-electron chi connectivity index (χ3n) is 3.50. The van der Waals surface area contributed by atoms with E-state index >= 15 is 0 Å². The van der Waals surface area contributed by atoms with E-state index in [9.17, 15) is 4.21 Å². The van der Waals surface area contributed by atoms with Crippen LogP contribution in [-0.4, -0.2) is 46.2 Å². The van der Waals surface area contributed by atoms with Crippen LogP contribution in [0.3, 0.4) is 0 Å². The van der Waals surface area contributed by atoms with E-state index in [0.29, 0.717) is 12.3 Å². The number of aliphatic imine (C=N–C) groups is 1. The van der Waals surface area contributed by atoms with Crippen LogP contribution in [0.4, 0.5) is 0 Å². The minimum absolute atomic E-state index is 0.168. The fraction of sp³-hybridized carbons (Fsp3) is 0.588. The Hall–Kier alpha value is -1.36. The lowest BCUT2D eigenvalue weighted by molar-refractivity contribution is 0.477. The first-order valence-electron chi connectivity index (χ1n) is 7.60. The molecule has 0 aliphatic carbocycles. The molecule has 0 radical (unpaired) electrons. The molecule has 0 heterocycles. The third kappa shape index (κ3) is 5.79. The van der Waals surface area contributed by atoms with Gasteiger partial charge in [0.25, 0.3) is 0 Å². The zero-order valence-electron chi connectivity index (χ0n) is 14.6. The highest BCUT2D eigenvalue weighted by molar-refractivity contribution is 7.86. The van der Waals surface area contributed by atoms with Gasteiger partial charge in [-0.3, -0.25) is 9.20 Å². The fourth-order valence-electron chi connectivity index (χ4n) is 2.06. The Morgan fingerprint density at radius 3 is 2.50 bits per heavy atom. The molecule has 0 saturated heterocycles. The van der Waals surface area contributed by atoms with E-state index in [0.717, 1.165) is 12.5 Å². The van der Waals surface area contributed by atoms with E-state index in [4.69, 9.17) is 0 Å². The van der Waals surface area contributed by atoms with E-state index in [1.807, 2.05) is 33.9 Å². The largest absolute Gasteiger partial charge is 0.355 e. The summed E-state index contributed by atoms with van der Waals surface area (Å²) in [7, 11) is 2.94. The molecule has 1 atom stereocenters. The summed E-state index contributed by atoms with van der Waals surface area (Å²) in [5, 5.41) is 3.29. The van der Waals surface area contributed by atoms with Gasteiger partial charge in [-0.05, 0) is 38.8 Å². The molecule has 0 spiro atoms. The summed E-state index contributed by atoms with van der Waals surface area (Å²) in [6.07, 6.45) is 0. The van der Waals surface area contributed by atoms with E-state index in [1.54, 1.807) is 7.05 Å². The zero-order chi connectivity index (χ0) is 16.8. The van der Waals surface area contributed by atoms with E-state index in [1.165, 1.54) is 11.1 Å². The molecule has 0 fully saturated rings. The van der Waals surface area contributed by atoms with Crippen LogP contribution in [0.25, 0.3) is 0 Å². The second kappa shape index (κ2) is 8.32. The standard InChI is InChI=1S/C17H29N3OS/c1-14-9-7-8-10-15(14)13-20(6)16(18-5)19-11-12-22(21)17(2,3)4/h7-10H,11-13H2,1-6H3,(H,18,19). The molecule has 1 rings (SSSR count). The molecular formula is C17H29N3OS. The Bertz CT molecular complexity index is 535. The summed E-state index contributed by atoms with van der Waals surface area (Å²) in [5.74, 6) is 1.45. The second-order valence-electron chi connectivity index (χ2n) is 6.42. The topological polar surface area (TPSA) is 44.7 Å². The lowest BCUT2D eigenvalue weighted by Crippen LogP contribution is -2.41. The Balaban J connectivity index is 2.54. The Labute approximate surface area is 137 Å². The molecule has 1 aromatic rings. The summed E-state index contributed by atoms with van der Waals surface area (Å²) in [6.45, 7) is 9.59. The van der Waals surface area contributed by atoms with E-state index in [-0.39, 0.29) is 4.75 Å². The lowest BCUT2D eigenvalue weighted by Gasteiger charge is -2.24. The Morgan fingerprint density at radius 2 is 1.95 bits per heavy atom. The molecule has 4 nitrogen and oxygen atoms in total. The molecule has 1 aromatic carbocycles. The summed E-state index contributed by atoms with van der Waals surface area (Å²) >= 11 is 0. The second-order valence-corrected chi connectivity index (χ2v) is 8.74. The predicted molar refractivity (Wildman–Crippen MR) is 96.8 cm³/mol. The summed E-state index contributed by atoms with van der Waals surface area (Å²) in [6, 6.07) is 8.35. The van der Waals surface area contributed by atoms with Crippen LogP contribution in [0.5, 0.6) is 0 Å². The molecule has 0 amide bonds. The van der Waals surface area contributed by atoms with Gasteiger partial charge in [0.2, 0.25) is 0 Å². The molecular weight excluding hydrogens is 294 g/mol. The minimum atomic E-state index is -0.847. The maximum Gasteiger partial charge on any atom is 0.193 e. The molecule has 0 aromatic heterocycles. The smallest absolute Gasteiger partial charge is 0.193 e. The lowest BCUT2D eigenvalue weighted by atomic mass is 10.1. The van der Waals surface area contributed by atoms with Gasteiger partial charge in [-0.1, -0.05) is 24.3 Å². The summed E-state index contributed by atoms with van der Waals surface area (Å²) in [5.41, 5.74) is 2.56. The highest BCUT2D eigenvalue weighted by atomic mass is 32.2. The molecule has 1 N–H and O–H groups in total. The normalized spacial score (nSPS) is 13.8. The van der Waals surface area contributed by atoms with Crippen LogP contribution >= 0.6 is 0 Å². The SMILES string of the molecule is CN=C(NCCS(=O)C(C)(C)C)N(C)Cc1ccccc1C. The Morgan fingerprint density at radius 1 is 1.32 bits per heavy atom. The van der Waals surface area contributed by atoms with Crippen molar-refractivity contribution in [1.82, 2.24) is 10.2 Å². The van der Waals surface area contributed by atoms with Crippen LogP contribution in [0, 0.1) is 6.92 Å².